The topological polar surface area (TPSA) is 55.0 Å². The van der Waals surface area contributed by atoms with Crippen LogP contribution in [0.1, 0.15) is 25.5 Å². The molecule has 2 aromatic rings. The monoisotopic (exact) mass is 256 g/mol. The lowest BCUT2D eigenvalue weighted by molar-refractivity contribution is 0.771. The molecule has 1 heterocycles. The second-order valence-electron chi connectivity index (χ2n) is 4.37. The molecule has 19 heavy (non-hydrogen) atoms. The SMILES string of the molecule is CCCCN(c1ccccc1)c1nccnc1CN. The molecule has 4 heteroatoms. The first-order valence-corrected chi connectivity index (χ1v) is 6.69. The zero-order valence-corrected chi connectivity index (χ0v) is 11.3. The normalized spacial score (nSPS) is 10.4. The van der Waals surface area contributed by atoms with Gasteiger partial charge in [-0.15, -0.1) is 0 Å². The maximum absolute atomic E-state index is 5.77. The van der Waals surface area contributed by atoms with Crippen molar-refractivity contribution in [1.29, 1.82) is 0 Å². The van der Waals surface area contributed by atoms with Gasteiger partial charge in [-0.2, -0.15) is 0 Å². The Bertz CT molecular complexity index is 499. The van der Waals surface area contributed by atoms with Crippen LogP contribution in [0.25, 0.3) is 0 Å². The molecule has 0 saturated carbocycles. The third kappa shape index (κ3) is 3.29. The maximum Gasteiger partial charge on any atom is 0.156 e. The van der Waals surface area contributed by atoms with Gasteiger partial charge in [0.25, 0.3) is 0 Å². The van der Waals surface area contributed by atoms with Crippen LogP contribution < -0.4 is 10.6 Å². The number of aromatic nitrogens is 2. The van der Waals surface area contributed by atoms with Gasteiger partial charge in [0, 0.05) is 31.2 Å². The van der Waals surface area contributed by atoms with E-state index >= 15 is 0 Å². The molecule has 0 bridgehead atoms. The van der Waals surface area contributed by atoms with Crippen molar-refractivity contribution in [3.05, 3.63) is 48.4 Å². The van der Waals surface area contributed by atoms with Crippen molar-refractivity contribution < 1.29 is 0 Å². The lowest BCUT2D eigenvalue weighted by atomic mass is 10.2. The Labute approximate surface area is 114 Å². The Balaban J connectivity index is 2.37. The first kappa shape index (κ1) is 13.5. The van der Waals surface area contributed by atoms with E-state index in [1.54, 1.807) is 12.4 Å². The molecule has 2 N–H and O–H groups in total. The van der Waals surface area contributed by atoms with Crippen molar-refractivity contribution >= 4 is 11.5 Å². The molecule has 0 unspecified atom stereocenters. The number of hydrogen-bond donors (Lipinski definition) is 1. The molecule has 0 fully saturated rings. The quantitative estimate of drug-likeness (QED) is 0.863. The molecule has 0 amide bonds. The lowest BCUT2D eigenvalue weighted by Crippen LogP contribution is -2.22. The smallest absolute Gasteiger partial charge is 0.156 e. The minimum atomic E-state index is 0.401. The second-order valence-corrected chi connectivity index (χ2v) is 4.37. The van der Waals surface area contributed by atoms with E-state index in [4.69, 9.17) is 5.73 Å². The third-order valence-corrected chi connectivity index (χ3v) is 3.00. The summed E-state index contributed by atoms with van der Waals surface area (Å²) in [5.41, 5.74) is 7.73. The fourth-order valence-corrected chi connectivity index (χ4v) is 2.01. The van der Waals surface area contributed by atoms with Gasteiger partial charge in [-0.25, -0.2) is 4.98 Å². The molecule has 0 radical (unpaired) electrons. The fraction of sp³-hybridized carbons (Fsp3) is 0.333. The first-order chi connectivity index (χ1) is 9.36. The zero-order valence-electron chi connectivity index (χ0n) is 11.3. The minimum absolute atomic E-state index is 0.401. The van der Waals surface area contributed by atoms with Crippen LogP contribution in [-0.2, 0) is 6.54 Å². The van der Waals surface area contributed by atoms with Gasteiger partial charge in [-0.1, -0.05) is 31.5 Å². The second kappa shape index (κ2) is 6.85. The molecule has 1 aromatic heterocycles. The Hall–Kier alpha value is -1.94. The third-order valence-electron chi connectivity index (χ3n) is 3.00. The van der Waals surface area contributed by atoms with E-state index in [1.807, 2.05) is 18.2 Å². The van der Waals surface area contributed by atoms with E-state index in [1.165, 1.54) is 0 Å². The summed E-state index contributed by atoms with van der Waals surface area (Å²) in [7, 11) is 0. The summed E-state index contributed by atoms with van der Waals surface area (Å²) in [6.07, 6.45) is 5.65. The minimum Gasteiger partial charge on any atom is -0.325 e. The standard InChI is InChI=1S/C15H20N4/c1-2-3-11-19(13-7-5-4-6-8-13)15-14(12-16)17-9-10-18-15/h4-10H,2-3,11-12,16H2,1H3. The number of unbranched alkanes of at least 4 members (excludes halogenated alkanes) is 1. The lowest BCUT2D eigenvalue weighted by Gasteiger charge is -2.25. The van der Waals surface area contributed by atoms with Gasteiger partial charge in [-0.05, 0) is 18.6 Å². The molecule has 1 aromatic carbocycles. The average Bonchev–Trinajstić information content (AvgIpc) is 2.49. The Morgan fingerprint density at radius 1 is 1.11 bits per heavy atom. The molecular weight excluding hydrogens is 236 g/mol. The van der Waals surface area contributed by atoms with Crippen molar-refractivity contribution in [1.82, 2.24) is 9.97 Å². The summed E-state index contributed by atoms with van der Waals surface area (Å²) < 4.78 is 0. The summed E-state index contributed by atoms with van der Waals surface area (Å²) in [4.78, 5) is 11.0. The molecule has 4 nitrogen and oxygen atoms in total. The summed E-state index contributed by atoms with van der Waals surface area (Å²) in [6.45, 7) is 3.51. The number of anilines is 2. The van der Waals surface area contributed by atoms with E-state index < -0.39 is 0 Å². The largest absolute Gasteiger partial charge is 0.325 e. The summed E-state index contributed by atoms with van der Waals surface area (Å²) in [6, 6.07) is 10.3. The van der Waals surface area contributed by atoms with Gasteiger partial charge >= 0.3 is 0 Å². The van der Waals surface area contributed by atoms with Gasteiger partial charge in [0.15, 0.2) is 5.82 Å². The molecule has 2 rings (SSSR count). The Kier molecular flexibility index (Phi) is 4.86. The highest BCUT2D eigenvalue weighted by Gasteiger charge is 2.14. The highest BCUT2D eigenvalue weighted by molar-refractivity contribution is 5.61. The summed E-state index contributed by atoms with van der Waals surface area (Å²) >= 11 is 0. The summed E-state index contributed by atoms with van der Waals surface area (Å²) in [5.74, 6) is 0.865. The number of para-hydroxylation sites is 1. The number of nitrogens with two attached hydrogens (primary N) is 1. The van der Waals surface area contributed by atoms with Gasteiger partial charge in [0.05, 0.1) is 5.69 Å². The van der Waals surface area contributed by atoms with Crippen LogP contribution in [0.15, 0.2) is 42.7 Å². The highest BCUT2D eigenvalue weighted by Crippen LogP contribution is 2.25. The van der Waals surface area contributed by atoms with Gasteiger partial charge in [-0.3, -0.25) is 4.98 Å². The van der Waals surface area contributed by atoms with Crippen molar-refractivity contribution in [2.45, 2.75) is 26.3 Å². The van der Waals surface area contributed by atoms with Gasteiger partial charge < -0.3 is 10.6 Å². The molecule has 0 saturated heterocycles. The van der Waals surface area contributed by atoms with Crippen molar-refractivity contribution in [3.8, 4) is 0 Å². The molecule has 100 valence electrons. The maximum atomic E-state index is 5.77. The van der Waals surface area contributed by atoms with E-state index in [2.05, 4.69) is 33.9 Å². The van der Waals surface area contributed by atoms with E-state index in [-0.39, 0.29) is 0 Å². The number of benzene rings is 1. The van der Waals surface area contributed by atoms with Gasteiger partial charge in [0.1, 0.15) is 0 Å². The molecule has 0 atom stereocenters. The highest BCUT2D eigenvalue weighted by atomic mass is 15.2. The Morgan fingerprint density at radius 3 is 2.53 bits per heavy atom. The number of hydrogen-bond acceptors (Lipinski definition) is 4. The van der Waals surface area contributed by atoms with Crippen LogP contribution in [0.2, 0.25) is 0 Å². The summed E-state index contributed by atoms with van der Waals surface area (Å²) in [5, 5.41) is 0. The van der Waals surface area contributed by atoms with E-state index in [9.17, 15) is 0 Å². The van der Waals surface area contributed by atoms with Crippen LogP contribution in [0.3, 0.4) is 0 Å². The van der Waals surface area contributed by atoms with Crippen LogP contribution in [0.5, 0.6) is 0 Å². The Morgan fingerprint density at radius 2 is 1.84 bits per heavy atom. The predicted octanol–water partition coefficient (Wildman–Crippen LogP) is 2.87. The molecule has 0 aliphatic rings. The van der Waals surface area contributed by atoms with E-state index in [0.717, 1.165) is 36.6 Å². The fourth-order valence-electron chi connectivity index (χ4n) is 2.01. The van der Waals surface area contributed by atoms with Crippen LogP contribution in [0, 0.1) is 0 Å². The molecule has 0 aliphatic carbocycles. The van der Waals surface area contributed by atoms with Gasteiger partial charge in [0.2, 0.25) is 0 Å². The number of nitrogens with zero attached hydrogens (tertiary/aromatic N) is 3. The number of rotatable bonds is 6. The van der Waals surface area contributed by atoms with Crippen LogP contribution in [-0.4, -0.2) is 16.5 Å². The van der Waals surface area contributed by atoms with Crippen molar-refractivity contribution in [2.75, 3.05) is 11.4 Å². The van der Waals surface area contributed by atoms with Crippen LogP contribution >= 0.6 is 0 Å². The molecule has 0 spiro atoms. The average molecular weight is 256 g/mol. The molecular formula is C15H20N4. The van der Waals surface area contributed by atoms with E-state index in [0.29, 0.717) is 6.54 Å². The van der Waals surface area contributed by atoms with Crippen molar-refractivity contribution in [3.63, 3.8) is 0 Å². The first-order valence-electron chi connectivity index (χ1n) is 6.69. The van der Waals surface area contributed by atoms with Crippen molar-refractivity contribution in [2.24, 2.45) is 5.73 Å². The predicted molar refractivity (Wildman–Crippen MR) is 78.3 cm³/mol. The zero-order chi connectivity index (χ0) is 13.5. The van der Waals surface area contributed by atoms with Crippen LogP contribution in [0.4, 0.5) is 11.5 Å². The molecule has 0 aliphatic heterocycles.